The predicted octanol–water partition coefficient (Wildman–Crippen LogP) is 4.70. The van der Waals surface area contributed by atoms with Crippen LogP contribution in [0.1, 0.15) is 13.3 Å². The van der Waals surface area contributed by atoms with Crippen LogP contribution >= 0.6 is 7.29 Å². The molecule has 28 heavy (non-hydrogen) atoms. The number of para-hydroxylation sites is 1. The van der Waals surface area contributed by atoms with E-state index in [4.69, 9.17) is 4.74 Å². The Hall–Kier alpha value is -2.35. The van der Waals surface area contributed by atoms with E-state index in [0.717, 1.165) is 29.3 Å². The molecule has 0 radical (unpaired) electrons. The Bertz CT molecular complexity index is 887. The molecule has 1 fully saturated rings. The fourth-order valence-electron chi connectivity index (χ4n) is 4.04. The van der Waals surface area contributed by atoms with Crippen LogP contribution < -0.4 is 15.3 Å². The van der Waals surface area contributed by atoms with E-state index in [9.17, 15) is 4.57 Å². The minimum absolute atomic E-state index is 0.112. The van der Waals surface area contributed by atoms with Gasteiger partial charge < -0.3 is 4.74 Å². The number of hydrogen-bond donors (Lipinski definition) is 0. The molecular formula is C24H26NO2P. The minimum atomic E-state index is -2.93. The molecule has 2 atom stereocenters. The molecule has 0 aliphatic carbocycles. The van der Waals surface area contributed by atoms with Crippen molar-refractivity contribution < 1.29 is 9.30 Å². The van der Waals surface area contributed by atoms with Crippen molar-refractivity contribution in [2.45, 2.75) is 19.4 Å². The third-order valence-electron chi connectivity index (χ3n) is 5.35. The summed E-state index contributed by atoms with van der Waals surface area (Å²) in [6, 6.07) is 29.8. The number of nitrogens with zero attached hydrogens (tertiary/aromatic N) is 1. The van der Waals surface area contributed by atoms with Crippen molar-refractivity contribution in [1.82, 2.24) is 4.67 Å². The van der Waals surface area contributed by atoms with E-state index in [1.165, 1.54) is 0 Å². The van der Waals surface area contributed by atoms with Crippen LogP contribution in [0, 0.1) is 5.92 Å². The summed E-state index contributed by atoms with van der Waals surface area (Å²) >= 11 is 0. The highest BCUT2D eigenvalue weighted by Gasteiger charge is 2.43. The summed E-state index contributed by atoms with van der Waals surface area (Å²) in [5, 5.41) is 1.78. The van der Waals surface area contributed by atoms with Gasteiger partial charge in [-0.2, -0.15) is 0 Å². The Kier molecular flexibility index (Phi) is 5.66. The summed E-state index contributed by atoms with van der Waals surface area (Å²) in [6.07, 6.45) is 0.983. The summed E-state index contributed by atoms with van der Waals surface area (Å²) in [6.45, 7) is 3.58. The Morgan fingerprint density at radius 1 is 0.857 bits per heavy atom. The summed E-state index contributed by atoms with van der Waals surface area (Å²) in [5.74, 6) is 1.33. The van der Waals surface area contributed by atoms with Crippen molar-refractivity contribution in [3.8, 4) is 5.75 Å². The van der Waals surface area contributed by atoms with Gasteiger partial charge in [0.05, 0.1) is 6.04 Å². The van der Waals surface area contributed by atoms with Gasteiger partial charge in [0.2, 0.25) is 7.29 Å². The first kappa shape index (κ1) is 19.0. The molecule has 0 saturated carbocycles. The van der Waals surface area contributed by atoms with Gasteiger partial charge in [0, 0.05) is 17.2 Å². The molecule has 0 amide bonds. The van der Waals surface area contributed by atoms with E-state index in [1.54, 1.807) is 0 Å². The first-order valence-corrected chi connectivity index (χ1v) is 11.5. The summed E-state index contributed by atoms with van der Waals surface area (Å²) in [5.41, 5.74) is 0. The lowest BCUT2D eigenvalue weighted by Gasteiger charge is -2.33. The van der Waals surface area contributed by atoms with E-state index >= 15 is 0 Å². The van der Waals surface area contributed by atoms with Crippen LogP contribution in [0.4, 0.5) is 0 Å². The second kappa shape index (κ2) is 8.34. The fourth-order valence-corrected chi connectivity index (χ4v) is 7.22. The Balaban J connectivity index is 1.69. The van der Waals surface area contributed by atoms with Gasteiger partial charge in [0.25, 0.3) is 0 Å². The second-order valence-corrected chi connectivity index (χ2v) is 10.2. The van der Waals surface area contributed by atoms with Crippen molar-refractivity contribution in [1.29, 1.82) is 0 Å². The molecular weight excluding hydrogens is 365 g/mol. The van der Waals surface area contributed by atoms with Gasteiger partial charge in [-0.05, 0) is 48.7 Å². The zero-order chi connectivity index (χ0) is 19.4. The summed E-state index contributed by atoms with van der Waals surface area (Å²) < 4.78 is 22.9. The fraction of sp³-hybridized carbons (Fsp3) is 0.250. The van der Waals surface area contributed by atoms with Crippen LogP contribution in [0.5, 0.6) is 5.75 Å². The largest absolute Gasteiger partial charge is 0.492 e. The highest BCUT2D eigenvalue weighted by molar-refractivity contribution is 7.76. The van der Waals surface area contributed by atoms with E-state index in [2.05, 4.69) is 11.6 Å². The van der Waals surface area contributed by atoms with Crippen LogP contribution in [0.3, 0.4) is 0 Å². The molecule has 0 N–H and O–H groups in total. The van der Waals surface area contributed by atoms with Gasteiger partial charge in [-0.3, -0.25) is 4.57 Å². The molecule has 1 aliphatic rings. The Morgan fingerprint density at radius 2 is 1.36 bits per heavy atom. The maximum Gasteiger partial charge on any atom is 0.207 e. The zero-order valence-electron chi connectivity index (χ0n) is 16.1. The van der Waals surface area contributed by atoms with Crippen LogP contribution in [-0.4, -0.2) is 23.9 Å². The first-order valence-electron chi connectivity index (χ1n) is 9.84. The van der Waals surface area contributed by atoms with Gasteiger partial charge in [-0.15, -0.1) is 0 Å². The monoisotopic (exact) mass is 391 g/mol. The molecule has 3 aromatic rings. The van der Waals surface area contributed by atoms with Gasteiger partial charge >= 0.3 is 0 Å². The molecule has 3 aromatic carbocycles. The molecule has 0 bridgehead atoms. The first-order chi connectivity index (χ1) is 13.7. The lowest BCUT2D eigenvalue weighted by Crippen LogP contribution is -2.38. The van der Waals surface area contributed by atoms with Crippen LogP contribution in [0.25, 0.3) is 0 Å². The number of rotatable bonds is 6. The standard InChI is InChI=1S/C24H26NO2P/c1-20-17-21(19-27-22-11-5-2-6-12-22)25(18-20)28(26,23-13-7-3-8-14-23)24-15-9-4-10-16-24/h2-16,20-21H,17-19H2,1H3/t20-,21-/m1/s1. The molecule has 1 saturated heterocycles. The predicted molar refractivity (Wildman–Crippen MR) is 116 cm³/mol. The van der Waals surface area contributed by atoms with Crippen molar-refractivity contribution in [2.24, 2.45) is 5.92 Å². The number of ether oxygens (including phenoxy) is 1. The number of hydrogen-bond acceptors (Lipinski definition) is 2. The van der Waals surface area contributed by atoms with Gasteiger partial charge in [-0.25, -0.2) is 4.67 Å². The molecule has 1 heterocycles. The highest BCUT2D eigenvalue weighted by atomic mass is 31.2. The number of benzene rings is 3. The van der Waals surface area contributed by atoms with Gasteiger partial charge in [-0.1, -0.05) is 61.5 Å². The molecule has 4 heteroatoms. The molecule has 1 aliphatic heterocycles. The van der Waals surface area contributed by atoms with Crippen molar-refractivity contribution in [2.75, 3.05) is 13.2 Å². The zero-order valence-corrected chi connectivity index (χ0v) is 17.0. The molecule has 0 unspecified atom stereocenters. The maximum absolute atomic E-state index is 14.7. The van der Waals surface area contributed by atoms with E-state index in [-0.39, 0.29) is 6.04 Å². The van der Waals surface area contributed by atoms with Crippen LogP contribution in [0.15, 0.2) is 91.0 Å². The van der Waals surface area contributed by atoms with E-state index in [1.807, 2.05) is 91.0 Å². The molecule has 3 nitrogen and oxygen atoms in total. The van der Waals surface area contributed by atoms with Crippen molar-refractivity contribution in [3.05, 3.63) is 91.0 Å². The highest BCUT2D eigenvalue weighted by Crippen LogP contribution is 2.52. The quantitative estimate of drug-likeness (QED) is 0.570. The smallest absolute Gasteiger partial charge is 0.207 e. The van der Waals surface area contributed by atoms with E-state index in [0.29, 0.717) is 12.5 Å². The average molecular weight is 391 g/mol. The minimum Gasteiger partial charge on any atom is -0.492 e. The van der Waals surface area contributed by atoms with Crippen molar-refractivity contribution in [3.63, 3.8) is 0 Å². The second-order valence-electron chi connectivity index (χ2n) is 7.49. The average Bonchev–Trinajstić information content (AvgIpc) is 3.14. The Morgan fingerprint density at radius 3 is 1.89 bits per heavy atom. The normalized spacial score (nSPS) is 20.2. The summed E-state index contributed by atoms with van der Waals surface area (Å²) in [4.78, 5) is 0. The van der Waals surface area contributed by atoms with Crippen LogP contribution in [-0.2, 0) is 4.57 Å². The lowest BCUT2D eigenvalue weighted by molar-refractivity contribution is 0.233. The molecule has 4 rings (SSSR count). The molecule has 0 spiro atoms. The van der Waals surface area contributed by atoms with Gasteiger partial charge in [0.15, 0.2) is 0 Å². The third-order valence-corrected chi connectivity index (χ3v) is 8.56. The summed E-state index contributed by atoms with van der Waals surface area (Å²) in [7, 11) is -2.93. The van der Waals surface area contributed by atoms with Gasteiger partial charge in [0.1, 0.15) is 12.4 Å². The lowest BCUT2D eigenvalue weighted by atomic mass is 10.1. The topological polar surface area (TPSA) is 29.5 Å². The van der Waals surface area contributed by atoms with Crippen molar-refractivity contribution >= 4 is 17.9 Å². The molecule has 144 valence electrons. The maximum atomic E-state index is 14.7. The third kappa shape index (κ3) is 3.78. The van der Waals surface area contributed by atoms with Crippen LogP contribution in [0.2, 0.25) is 0 Å². The molecule has 0 aromatic heterocycles. The van der Waals surface area contributed by atoms with E-state index < -0.39 is 7.29 Å². The Labute approximate surface area is 167 Å². The SMILES string of the molecule is C[C@@H]1C[C@H](COc2ccccc2)N(P(=O)(c2ccccc2)c2ccccc2)C1.